The van der Waals surface area contributed by atoms with Crippen LogP contribution in [0.2, 0.25) is 0 Å². The van der Waals surface area contributed by atoms with Crippen LogP contribution in [-0.2, 0) is 4.79 Å². The van der Waals surface area contributed by atoms with E-state index in [9.17, 15) is 9.59 Å². The van der Waals surface area contributed by atoms with Crippen molar-refractivity contribution in [2.24, 2.45) is 5.41 Å². The van der Waals surface area contributed by atoms with Gasteiger partial charge < -0.3 is 15.3 Å². The fourth-order valence-electron chi connectivity index (χ4n) is 2.58. The third kappa shape index (κ3) is 4.40. The largest absolute Gasteiger partial charge is 0.480 e. The van der Waals surface area contributed by atoms with Crippen LogP contribution in [0.25, 0.3) is 0 Å². The van der Waals surface area contributed by atoms with Crippen molar-refractivity contribution in [3.8, 4) is 0 Å². The quantitative estimate of drug-likeness (QED) is 0.824. The third-order valence-corrected chi connectivity index (χ3v) is 4.13. The molecule has 0 aromatic rings. The second-order valence-corrected chi connectivity index (χ2v) is 6.26. The summed E-state index contributed by atoms with van der Waals surface area (Å²) in [7, 11) is 1.55. The summed E-state index contributed by atoms with van der Waals surface area (Å²) in [5.74, 6) is -0.954. The van der Waals surface area contributed by atoms with Crippen LogP contribution in [0.3, 0.4) is 0 Å². The summed E-state index contributed by atoms with van der Waals surface area (Å²) in [4.78, 5) is 24.4. The number of amides is 2. The lowest BCUT2D eigenvalue weighted by atomic mass is 9.75. The Balaban J connectivity index is 2.49. The molecule has 19 heavy (non-hydrogen) atoms. The Kier molecular flexibility index (Phi) is 5.20. The van der Waals surface area contributed by atoms with Gasteiger partial charge in [0.25, 0.3) is 0 Å². The van der Waals surface area contributed by atoms with Gasteiger partial charge in [0.15, 0.2) is 0 Å². The van der Waals surface area contributed by atoms with Crippen LogP contribution in [0.5, 0.6) is 0 Å². The number of hydrogen-bond acceptors (Lipinski definition) is 2. The number of aliphatic carboxylic acids is 1. The molecule has 1 fully saturated rings. The van der Waals surface area contributed by atoms with Crippen molar-refractivity contribution in [2.45, 2.75) is 65.0 Å². The van der Waals surface area contributed by atoms with Crippen molar-refractivity contribution in [2.75, 3.05) is 7.05 Å². The predicted molar refractivity (Wildman–Crippen MR) is 74.0 cm³/mol. The smallest absolute Gasteiger partial charge is 0.326 e. The number of nitrogens with zero attached hydrogens (tertiary/aromatic N) is 1. The monoisotopic (exact) mass is 270 g/mol. The standard InChI is InChI=1S/C14H26N2O3/c1-5-11(12(17)18)16(4)13(19)15-10-6-8-14(2,3)9-7-10/h10-11H,5-9H2,1-4H3,(H,15,19)(H,17,18). The molecule has 0 spiro atoms. The SMILES string of the molecule is CCC(C(=O)O)N(C)C(=O)NC1CCC(C)(C)CC1. The average Bonchev–Trinajstić information content (AvgIpc) is 2.32. The first-order valence-electron chi connectivity index (χ1n) is 7.03. The Bertz CT molecular complexity index is 332. The van der Waals surface area contributed by atoms with Crippen LogP contribution in [-0.4, -0.2) is 41.1 Å². The van der Waals surface area contributed by atoms with E-state index in [2.05, 4.69) is 19.2 Å². The maximum atomic E-state index is 12.0. The van der Waals surface area contributed by atoms with Gasteiger partial charge >= 0.3 is 12.0 Å². The molecule has 1 aliphatic carbocycles. The zero-order valence-electron chi connectivity index (χ0n) is 12.4. The lowest BCUT2D eigenvalue weighted by Gasteiger charge is -2.35. The van der Waals surface area contributed by atoms with Gasteiger partial charge in [-0.3, -0.25) is 0 Å². The van der Waals surface area contributed by atoms with Gasteiger partial charge in [-0.15, -0.1) is 0 Å². The van der Waals surface area contributed by atoms with E-state index in [4.69, 9.17) is 5.11 Å². The number of nitrogens with one attached hydrogen (secondary N) is 1. The molecule has 5 heteroatoms. The van der Waals surface area contributed by atoms with E-state index in [1.165, 1.54) is 4.90 Å². The first-order chi connectivity index (χ1) is 8.76. The van der Waals surface area contributed by atoms with E-state index in [0.717, 1.165) is 25.7 Å². The van der Waals surface area contributed by atoms with E-state index in [0.29, 0.717) is 11.8 Å². The Morgan fingerprint density at radius 1 is 1.37 bits per heavy atom. The molecule has 1 rings (SSSR count). The number of rotatable bonds is 4. The fourth-order valence-corrected chi connectivity index (χ4v) is 2.58. The summed E-state index contributed by atoms with van der Waals surface area (Å²) in [6.45, 7) is 6.26. The molecule has 1 saturated carbocycles. The fraction of sp³-hybridized carbons (Fsp3) is 0.857. The molecule has 0 aromatic heterocycles. The Hall–Kier alpha value is -1.26. The number of urea groups is 1. The maximum Gasteiger partial charge on any atom is 0.326 e. The summed E-state index contributed by atoms with van der Waals surface area (Å²) in [5.41, 5.74) is 0.361. The second-order valence-electron chi connectivity index (χ2n) is 6.26. The lowest BCUT2D eigenvalue weighted by molar-refractivity contribution is -0.141. The molecule has 2 amide bonds. The second kappa shape index (κ2) is 6.26. The summed E-state index contributed by atoms with van der Waals surface area (Å²) in [5, 5.41) is 12.0. The van der Waals surface area contributed by atoms with Gasteiger partial charge in [-0.2, -0.15) is 0 Å². The van der Waals surface area contributed by atoms with Crippen LogP contribution in [0.1, 0.15) is 52.9 Å². The predicted octanol–water partition coefficient (Wildman–Crippen LogP) is 2.46. The van der Waals surface area contributed by atoms with Gasteiger partial charge in [0.2, 0.25) is 0 Å². The zero-order chi connectivity index (χ0) is 14.6. The van der Waals surface area contributed by atoms with Crippen LogP contribution in [0.4, 0.5) is 4.79 Å². The van der Waals surface area contributed by atoms with Crippen molar-refractivity contribution in [1.29, 1.82) is 0 Å². The molecule has 0 saturated heterocycles. The molecule has 0 radical (unpaired) electrons. The van der Waals surface area contributed by atoms with Crippen LogP contribution in [0, 0.1) is 5.41 Å². The molecule has 0 aliphatic heterocycles. The molecule has 1 aliphatic rings. The van der Waals surface area contributed by atoms with Crippen molar-refractivity contribution in [3.63, 3.8) is 0 Å². The molecular weight excluding hydrogens is 244 g/mol. The molecule has 0 bridgehead atoms. The lowest BCUT2D eigenvalue weighted by Crippen LogP contribution is -2.50. The highest BCUT2D eigenvalue weighted by molar-refractivity contribution is 5.82. The average molecular weight is 270 g/mol. The van der Waals surface area contributed by atoms with Gasteiger partial charge in [0.1, 0.15) is 6.04 Å². The van der Waals surface area contributed by atoms with Gasteiger partial charge in [-0.05, 0) is 37.5 Å². The van der Waals surface area contributed by atoms with Crippen LogP contribution in [0.15, 0.2) is 0 Å². The van der Waals surface area contributed by atoms with E-state index >= 15 is 0 Å². The Labute approximate surface area is 115 Å². The highest BCUT2D eigenvalue weighted by atomic mass is 16.4. The Morgan fingerprint density at radius 3 is 2.32 bits per heavy atom. The summed E-state index contributed by atoms with van der Waals surface area (Å²) < 4.78 is 0. The van der Waals surface area contributed by atoms with E-state index < -0.39 is 12.0 Å². The van der Waals surface area contributed by atoms with Crippen molar-refractivity contribution >= 4 is 12.0 Å². The topological polar surface area (TPSA) is 69.6 Å². The number of carboxylic acids is 1. The van der Waals surface area contributed by atoms with Crippen molar-refractivity contribution in [3.05, 3.63) is 0 Å². The molecule has 0 heterocycles. The first-order valence-corrected chi connectivity index (χ1v) is 7.03. The number of hydrogen-bond donors (Lipinski definition) is 2. The molecule has 0 aromatic carbocycles. The van der Waals surface area contributed by atoms with E-state index in [-0.39, 0.29) is 12.1 Å². The molecular formula is C14H26N2O3. The minimum atomic E-state index is -0.954. The number of carbonyl (C=O) groups excluding carboxylic acids is 1. The molecule has 1 unspecified atom stereocenters. The molecule has 110 valence electrons. The molecule has 2 N–H and O–H groups in total. The van der Waals surface area contributed by atoms with Crippen molar-refractivity contribution < 1.29 is 14.7 Å². The minimum Gasteiger partial charge on any atom is -0.480 e. The van der Waals surface area contributed by atoms with E-state index in [1.54, 1.807) is 14.0 Å². The van der Waals surface area contributed by atoms with Gasteiger partial charge in [-0.1, -0.05) is 20.8 Å². The first kappa shape index (κ1) is 15.8. The van der Waals surface area contributed by atoms with Gasteiger partial charge in [0.05, 0.1) is 0 Å². The third-order valence-electron chi connectivity index (χ3n) is 4.13. The maximum absolute atomic E-state index is 12.0. The van der Waals surface area contributed by atoms with Gasteiger partial charge in [-0.25, -0.2) is 9.59 Å². The number of likely N-dealkylation sites (N-methyl/N-ethyl adjacent to an activating group) is 1. The van der Waals surface area contributed by atoms with Gasteiger partial charge in [0, 0.05) is 13.1 Å². The van der Waals surface area contributed by atoms with E-state index in [1.807, 2.05) is 0 Å². The summed E-state index contributed by atoms with van der Waals surface area (Å²) in [6, 6.07) is -0.853. The molecule has 5 nitrogen and oxygen atoms in total. The van der Waals surface area contributed by atoms with Crippen molar-refractivity contribution in [1.82, 2.24) is 10.2 Å². The summed E-state index contributed by atoms with van der Waals surface area (Å²) >= 11 is 0. The number of carbonyl (C=O) groups is 2. The van der Waals surface area contributed by atoms with Crippen LogP contribution >= 0.6 is 0 Å². The summed E-state index contributed by atoms with van der Waals surface area (Å²) in [6.07, 6.45) is 4.54. The minimum absolute atomic E-state index is 0.175. The highest BCUT2D eigenvalue weighted by Crippen LogP contribution is 2.35. The number of carboxylic acid groups (broad SMARTS) is 1. The molecule has 1 atom stereocenters. The highest BCUT2D eigenvalue weighted by Gasteiger charge is 2.30. The zero-order valence-corrected chi connectivity index (χ0v) is 12.4. The Morgan fingerprint density at radius 2 is 1.89 bits per heavy atom. The van der Waals surface area contributed by atoms with Crippen LogP contribution < -0.4 is 5.32 Å². The normalized spacial score (nSPS) is 20.6.